The number of nitriles is 1. The van der Waals surface area contributed by atoms with Gasteiger partial charge in [-0.25, -0.2) is 13.8 Å². The number of carbonyl (C=O) groups is 1. The van der Waals surface area contributed by atoms with Crippen LogP contribution in [0.2, 0.25) is 5.02 Å². The van der Waals surface area contributed by atoms with E-state index in [1.807, 2.05) is 6.07 Å². The molecule has 2 aliphatic heterocycles. The average Bonchev–Trinajstić information content (AvgIpc) is 3.02. The van der Waals surface area contributed by atoms with Crippen LogP contribution < -0.4 is 10.5 Å². The van der Waals surface area contributed by atoms with E-state index >= 15 is 4.39 Å². The number of aromatic hydroxyl groups is 1. The predicted octanol–water partition coefficient (Wildman–Crippen LogP) is 7.14. The van der Waals surface area contributed by atoms with Gasteiger partial charge in [0, 0.05) is 48.4 Å². The van der Waals surface area contributed by atoms with Crippen LogP contribution in [0.5, 0.6) is 5.75 Å². The van der Waals surface area contributed by atoms with E-state index in [1.54, 1.807) is 56.7 Å². The number of carbonyl (C=O) groups excluding carboxylic acids is 1. The first-order valence-electron chi connectivity index (χ1n) is 15.5. The Bertz CT molecular complexity index is 2090. The molecule has 4 heterocycles. The van der Waals surface area contributed by atoms with Crippen LogP contribution in [-0.2, 0) is 11.0 Å². The van der Waals surface area contributed by atoms with Gasteiger partial charge in [-0.05, 0) is 31.9 Å². The van der Waals surface area contributed by atoms with Crippen LogP contribution in [0.1, 0.15) is 51.8 Å². The van der Waals surface area contributed by atoms with E-state index in [0.717, 1.165) is 16.7 Å². The Hall–Kier alpha value is -4.84. The van der Waals surface area contributed by atoms with Gasteiger partial charge in [0.05, 0.1) is 28.0 Å². The van der Waals surface area contributed by atoms with Gasteiger partial charge in [0.2, 0.25) is 11.7 Å². The number of hydrogen-bond acceptors (Lipinski definition) is 7. The maximum Gasteiger partial charge on any atom is 0.422 e. The molecule has 3 aromatic rings. The molecule has 2 aliphatic rings. The lowest BCUT2D eigenvalue weighted by atomic mass is 9.88. The van der Waals surface area contributed by atoms with E-state index < -0.39 is 80.8 Å². The molecular weight excluding hydrogens is 690 g/mol. The number of aliphatic imine (C=N–C) groups is 1. The summed E-state index contributed by atoms with van der Waals surface area (Å²) in [6.07, 6.45) is -1.34. The number of phenols is 1. The number of piperazine rings is 1. The number of halogens is 7. The van der Waals surface area contributed by atoms with Crippen LogP contribution in [0.4, 0.5) is 32.0 Å². The van der Waals surface area contributed by atoms with E-state index in [2.05, 4.69) is 16.6 Å². The fraction of sp³-hybridized carbons (Fsp3) is 0.382. The maximum atomic E-state index is 15.6. The van der Waals surface area contributed by atoms with Crippen LogP contribution in [0.3, 0.4) is 0 Å². The van der Waals surface area contributed by atoms with Crippen LogP contribution in [0.15, 0.2) is 40.8 Å². The van der Waals surface area contributed by atoms with Crippen molar-refractivity contribution in [2.24, 2.45) is 16.8 Å². The predicted molar refractivity (Wildman–Crippen MR) is 175 cm³/mol. The van der Waals surface area contributed by atoms with Crippen molar-refractivity contribution >= 4 is 39.9 Å². The molecular formula is C34H31ClF6N6O3. The summed E-state index contributed by atoms with van der Waals surface area (Å²) in [5.74, 6) is -10.3. The molecule has 0 aliphatic carbocycles. The minimum absolute atomic E-state index is 0.0289. The van der Waals surface area contributed by atoms with Crippen molar-refractivity contribution in [1.29, 1.82) is 5.26 Å². The molecule has 1 unspecified atom stereocenters. The van der Waals surface area contributed by atoms with Gasteiger partial charge in [0.15, 0.2) is 17.4 Å². The Balaban J connectivity index is 1.93. The molecule has 0 saturated carbocycles. The molecule has 1 fully saturated rings. The molecule has 50 heavy (non-hydrogen) atoms. The third-order valence-corrected chi connectivity index (χ3v) is 9.27. The minimum atomic E-state index is -5.73. The number of benzene rings is 1. The van der Waals surface area contributed by atoms with E-state index in [4.69, 9.17) is 11.6 Å². The zero-order valence-electron chi connectivity index (χ0n) is 27.4. The third kappa shape index (κ3) is 5.78. The SMILES string of the molecule is C=CC(=O)N1[C@H](C)CN(c2c(C#N)c(=O)n(C3C(C(C)C)=NC=C[C@H]3C)c3nc(-c4c(O)c(F)c(F)c(C(F)(F)F)c4F)c(Cl)cc23)C[C@@H]1C. The third-order valence-electron chi connectivity index (χ3n) is 8.98. The Morgan fingerprint density at radius 2 is 1.76 bits per heavy atom. The van der Waals surface area contributed by atoms with Gasteiger partial charge in [-0.1, -0.05) is 45.0 Å². The summed E-state index contributed by atoms with van der Waals surface area (Å²) in [5, 5.41) is 20.4. The number of aromatic nitrogens is 2. The molecule has 1 aromatic carbocycles. The number of amides is 1. The topological polar surface area (TPSA) is 115 Å². The van der Waals surface area contributed by atoms with Crippen molar-refractivity contribution in [3.8, 4) is 23.1 Å². The monoisotopic (exact) mass is 720 g/mol. The number of nitrogens with zero attached hydrogens (tertiary/aromatic N) is 6. The van der Waals surface area contributed by atoms with Crippen molar-refractivity contribution in [2.75, 3.05) is 18.0 Å². The zero-order valence-corrected chi connectivity index (χ0v) is 28.2. The van der Waals surface area contributed by atoms with E-state index in [9.17, 15) is 41.9 Å². The van der Waals surface area contributed by atoms with Gasteiger partial charge in [-0.15, -0.1) is 0 Å². The number of fused-ring (bicyclic) bond motifs is 1. The van der Waals surface area contributed by atoms with Crippen LogP contribution >= 0.6 is 11.6 Å². The molecule has 2 aromatic heterocycles. The number of anilines is 1. The van der Waals surface area contributed by atoms with E-state index in [1.165, 1.54) is 0 Å². The Morgan fingerprint density at radius 1 is 1.14 bits per heavy atom. The number of phenolic OH excluding ortho intramolecular Hbond substituents is 1. The average molecular weight is 721 g/mol. The first-order chi connectivity index (χ1) is 23.4. The Kier molecular flexibility index (Phi) is 9.57. The summed E-state index contributed by atoms with van der Waals surface area (Å²) >= 11 is 6.55. The molecule has 9 nitrogen and oxygen atoms in total. The number of allylic oxidation sites excluding steroid dienone is 1. The van der Waals surface area contributed by atoms with Gasteiger partial charge in [-0.3, -0.25) is 19.1 Å². The smallest absolute Gasteiger partial charge is 0.422 e. The second kappa shape index (κ2) is 13.1. The van der Waals surface area contributed by atoms with Crippen molar-refractivity contribution in [2.45, 2.75) is 58.9 Å². The lowest BCUT2D eigenvalue weighted by molar-refractivity contribution is -0.142. The molecule has 5 rings (SSSR count). The highest BCUT2D eigenvalue weighted by atomic mass is 35.5. The molecule has 0 radical (unpaired) electrons. The molecule has 1 N–H and O–H groups in total. The summed E-state index contributed by atoms with van der Waals surface area (Å²) < 4.78 is 87.3. The summed E-state index contributed by atoms with van der Waals surface area (Å²) in [6.45, 7) is 12.6. The molecule has 1 saturated heterocycles. The zero-order chi connectivity index (χ0) is 37.1. The highest BCUT2D eigenvalue weighted by Crippen LogP contribution is 2.46. The van der Waals surface area contributed by atoms with Gasteiger partial charge in [-0.2, -0.15) is 22.8 Å². The highest BCUT2D eigenvalue weighted by molar-refractivity contribution is 6.34. The first-order valence-corrected chi connectivity index (χ1v) is 15.8. The maximum absolute atomic E-state index is 15.6. The molecule has 0 spiro atoms. The summed E-state index contributed by atoms with van der Waals surface area (Å²) in [7, 11) is 0. The van der Waals surface area contributed by atoms with Crippen molar-refractivity contribution in [3.05, 3.63) is 75.0 Å². The number of pyridine rings is 2. The molecule has 264 valence electrons. The summed E-state index contributed by atoms with van der Waals surface area (Å²) in [5.41, 5.74) is -6.07. The molecule has 0 bridgehead atoms. The highest BCUT2D eigenvalue weighted by Gasteiger charge is 2.43. The molecule has 4 atom stereocenters. The van der Waals surface area contributed by atoms with E-state index in [0.29, 0.717) is 5.71 Å². The van der Waals surface area contributed by atoms with Gasteiger partial charge in [0.1, 0.15) is 22.8 Å². The standard InChI is InChI=1S/C34H31ClF6N6O3/c1-7-21(48)46-16(5)12-45(13-17(46)6)30-18-10-20(35)28(22-24(36)23(34(39,40)41)25(37)26(38)31(22)49)44-32(18)47(33(50)19(30)11-42)29-15(4)8-9-43-27(29)14(2)3/h7-10,14-17,29,49H,1,12-13H2,2-6H3/t15-,16-,17+,29?/m1/s1. The van der Waals surface area contributed by atoms with Crippen LogP contribution in [0.25, 0.3) is 22.3 Å². The first kappa shape index (κ1) is 36.4. The number of rotatable bonds is 5. The van der Waals surface area contributed by atoms with Gasteiger partial charge < -0.3 is 14.9 Å². The number of alkyl halides is 3. The largest absolute Gasteiger partial charge is 0.504 e. The second-order valence-electron chi connectivity index (χ2n) is 12.6. The minimum Gasteiger partial charge on any atom is -0.504 e. The fourth-order valence-corrected chi connectivity index (χ4v) is 7.13. The number of hydrogen-bond donors (Lipinski definition) is 1. The van der Waals surface area contributed by atoms with Gasteiger partial charge >= 0.3 is 6.18 Å². The van der Waals surface area contributed by atoms with Crippen LogP contribution in [0, 0.1) is 40.6 Å². The normalized spacial score (nSPS) is 21.1. The Morgan fingerprint density at radius 3 is 2.30 bits per heavy atom. The lowest BCUT2D eigenvalue weighted by Crippen LogP contribution is -2.58. The Labute approximate surface area is 287 Å². The molecule has 1 amide bonds. The quantitative estimate of drug-likeness (QED) is 0.170. The summed E-state index contributed by atoms with van der Waals surface area (Å²) in [4.78, 5) is 39.2. The van der Waals surface area contributed by atoms with Crippen molar-refractivity contribution in [1.82, 2.24) is 14.5 Å². The van der Waals surface area contributed by atoms with Crippen molar-refractivity contribution < 1.29 is 36.2 Å². The van der Waals surface area contributed by atoms with Crippen LogP contribution in [-0.4, -0.2) is 56.3 Å². The van der Waals surface area contributed by atoms with Crippen molar-refractivity contribution in [3.63, 3.8) is 0 Å². The summed E-state index contributed by atoms with van der Waals surface area (Å²) in [6, 6.07) is 1.23. The lowest BCUT2D eigenvalue weighted by Gasteiger charge is -2.45. The van der Waals surface area contributed by atoms with Gasteiger partial charge in [0.25, 0.3) is 5.56 Å². The molecule has 16 heteroatoms. The fourth-order valence-electron chi connectivity index (χ4n) is 6.89. The van der Waals surface area contributed by atoms with E-state index in [-0.39, 0.29) is 47.2 Å². The second-order valence-corrected chi connectivity index (χ2v) is 13.1.